The number of halogens is 6. The maximum atomic E-state index is 12.2. The number of aryl methyl sites for hydroxylation is 1. The Labute approximate surface area is 95.3 Å². The van der Waals surface area contributed by atoms with Gasteiger partial charge in [0.1, 0.15) is 0 Å². The van der Waals surface area contributed by atoms with Gasteiger partial charge in [-0.05, 0) is 24.6 Å². The third-order valence-corrected chi connectivity index (χ3v) is 1.87. The van der Waals surface area contributed by atoms with E-state index in [9.17, 15) is 26.3 Å². The zero-order valence-corrected chi connectivity index (χ0v) is 9.50. The fraction of sp³-hybridized carbons (Fsp3) is 0.455. The average Bonchev–Trinajstić information content (AvgIpc) is 2.17. The van der Waals surface area contributed by atoms with Crippen LogP contribution in [0.15, 0.2) is 18.2 Å². The second-order valence-electron chi connectivity index (χ2n) is 3.03. The maximum absolute atomic E-state index is 12.2. The Morgan fingerprint density at radius 2 is 1.29 bits per heavy atom. The van der Waals surface area contributed by atoms with Crippen LogP contribution in [-0.2, 0) is 12.4 Å². The third-order valence-electron chi connectivity index (χ3n) is 1.87. The number of hydrogen-bond acceptors (Lipinski definition) is 0. The molecule has 0 bridgehead atoms. The maximum Gasteiger partial charge on any atom is 0.416 e. The van der Waals surface area contributed by atoms with Crippen LogP contribution in [0.3, 0.4) is 0 Å². The molecule has 0 amide bonds. The first-order chi connectivity index (χ1) is 7.62. The average molecular weight is 258 g/mol. The lowest BCUT2D eigenvalue weighted by molar-refractivity contribution is -0.143. The Bertz CT molecular complexity index is 361. The molecule has 0 radical (unpaired) electrons. The van der Waals surface area contributed by atoms with Crippen molar-refractivity contribution >= 4 is 0 Å². The zero-order chi connectivity index (χ0) is 13.9. The topological polar surface area (TPSA) is 0 Å². The van der Waals surface area contributed by atoms with E-state index in [0.29, 0.717) is 6.07 Å². The minimum Gasteiger partial charge on any atom is -0.166 e. The first-order valence-corrected chi connectivity index (χ1v) is 4.87. The van der Waals surface area contributed by atoms with Gasteiger partial charge in [-0.25, -0.2) is 0 Å². The highest BCUT2D eigenvalue weighted by Gasteiger charge is 2.37. The first kappa shape index (κ1) is 15.8. The highest BCUT2D eigenvalue weighted by molar-refractivity contribution is 5.34. The molecule has 0 aliphatic heterocycles. The smallest absolute Gasteiger partial charge is 0.166 e. The predicted octanol–water partition coefficient (Wildman–Crippen LogP) is 5.06. The quantitative estimate of drug-likeness (QED) is 0.570. The highest BCUT2D eigenvalue weighted by Crippen LogP contribution is 2.36. The van der Waals surface area contributed by atoms with Crippen molar-refractivity contribution in [1.29, 1.82) is 0 Å². The van der Waals surface area contributed by atoms with Gasteiger partial charge in [0.25, 0.3) is 0 Å². The number of rotatable bonds is 0. The molecule has 6 heteroatoms. The van der Waals surface area contributed by atoms with E-state index in [4.69, 9.17) is 0 Å². The number of alkyl halides is 6. The van der Waals surface area contributed by atoms with Crippen molar-refractivity contribution in [3.8, 4) is 0 Å². The SMILES string of the molecule is CC.Cc1ccc(C(F)(F)F)cc1C(F)(F)F. The summed E-state index contributed by atoms with van der Waals surface area (Å²) in [7, 11) is 0. The summed E-state index contributed by atoms with van der Waals surface area (Å²) in [5.74, 6) is 0. The molecular weight excluding hydrogens is 246 g/mol. The lowest BCUT2D eigenvalue weighted by atomic mass is 10.0. The summed E-state index contributed by atoms with van der Waals surface area (Å²) in [5, 5.41) is 0. The highest BCUT2D eigenvalue weighted by atomic mass is 19.4. The lowest BCUT2D eigenvalue weighted by Gasteiger charge is -2.13. The van der Waals surface area contributed by atoms with Crippen molar-refractivity contribution in [3.63, 3.8) is 0 Å². The van der Waals surface area contributed by atoms with Crippen LogP contribution in [0.1, 0.15) is 30.5 Å². The Morgan fingerprint density at radius 3 is 1.65 bits per heavy atom. The standard InChI is InChI=1S/C9H6F6.C2H6/c1-5-2-3-6(8(10,11)12)4-7(5)9(13,14)15;1-2/h2-4H,1H3;1-2H3. The molecule has 0 saturated heterocycles. The Morgan fingerprint density at radius 1 is 0.824 bits per heavy atom. The summed E-state index contributed by atoms with van der Waals surface area (Å²) >= 11 is 0. The van der Waals surface area contributed by atoms with Crippen molar-refractivity contribution in [2.75, 3.05) is 0 Å². The fourth-order valence-corrected chi connectivity index (χ4v) is 1.10. The van der Waals surface area contributed by atoms with Gasteiger partial charge in [-0.15, -0.1) is 0 Å². The van der Waals surface area contributed by atoms with E-state index in [1.807, 2.05) is 13.8 Å². The Balaban J connectivity index is 0.00000121. The van der Waals surface area contributed by atoms with Crippen LogP contribution < -0.4 is 0 Å². The predicted molar refractivity (Wildman–Crippen MR) is 52.5 cm³/mol. The Kier molecular flexibility index (Phi) is 5.04. The van der Waals surface area contributed by atoms with Gasteiger partial charge < -0.3 is 0 Å². The molecule has 0 spiro atoms. The second kappa shape index (κ2) is 5.42. The van der Waals surface area contributed by atoms with Crippen LogP contribution in [0.5, 0.6) is 0 Å². The molecule has 17 heavy (non-hydrogen) atoms. The van der Waals surface area contributed by atoms with Crippen molar-refractivity contribution in [2.45, 2.75) is 33.1 Å². The number of benzene rings is 1. The normalized spacial score (nSPS) is 11.8. The molecule has 0 aliphatic carbocycles. The van der Waals surface area contributed by atoms with E-state index >= 15 is 0 Å². The monoisotopic (exact) mass is 258 g/mol. The molecule has 1 aromatic carbocycles. The molecule has 0 saturated carbocycles. The molecule has 0 nitrogen and oxygen atoms in total. The van der Waals surface area contributed by atoms with Gasteiger partial charge in [0.05, 0.1) is 11.1 Å². The summed E-state index contributed by atoms with van der Waals surface area (Å²) < 4.78 is 73.1. The van der Waals surface area contributed by atoms with Gasteiger partial charge >= 0.3 is 12.4 Å². The first-order valence-electron chi connectivity index (χ1n) is 4.87. The minimum atomic E-state index is -4.76. The van der Waals surface area contributed by atoms with E-state index < -0.39 is 23.5 Å². The van der Waals surface area contributed by atoms with Gasteiger partial charge in [-0.3, -0.25) is 0 Å². The van der Waals surface area contributed by atoms with E-state index in [1.54, 1.807) is 0 Å². The van der Waals surface area contributed by atoms with Gasteiger partial charge in [-0.1, -0.05) is 19.9 Å². The summed E-state index contributed by atoms with van der Waals surface area (Å²) in [4.78, 5) is 0. The van der Waals surface area contributed by atoms with Crippen LogP contribution >= 0.6 is 0 Å². The fourth-order valence-electron chi connectivity index (χ4n) is 1.10. The molecule has 1 rings (SSSR count). The van der Waals surface area contributed by atoms with Crippen molar-refractivity contribution in [2.24, 2.45) is 0 Å². The van der Waals surface area contributed by atoms with Gasteiger partial charge in [0.2, 0.25) is 0 Å². The van der Waals surface area contributed by atoms with Crippen molar-refractivity contribution in [1.82, 2.24) is 0 Å². The molecule has 98 valence electrons. The van der Waals surface area contributed by atoms with E-state index in [1.165, 1.54) is 0 Å². The Hall–Kier alpha value is -1.20. The van der Waals surface area contributed by atoms with Crippen LogP contribution in [0, 0.1) is 6.92 Å². The number of hydrogen-bond donors (Lipinski definition) is 0. The zero-order valence-electron chi connectivity index (χ0n) is 9.50. The summed E-state index contributed by atoms with van der Waals surface area (Å²) in [6.07, 6.45) is -9.51. The van der Waals surface area contributed by atoms with Crippen molar-refractivity contribution < 1.29 is 26.3 Å². The summed E-state index contributed by atoms with van der Waals surface area (Å²) in [5.41, 5.74) is -2.77. The van der Waals surface area contributed by atoms with Crippen LogP contribution in [0.2, 0.25) is 0 Å². The van der Waals surface area contributed by atoms with Crippen LogP contribution in [0.25, 0.3) is 0 Å². The van der Waals surface area contributed by atoms with Gasteiger partial charge in [-0.2, -0.15) is 26.3 Å². The minimum absolute atomic E-state index is 0.120. The second-order valence-corrected chi connectivity index (χ2v) is 3.03. The largest absolute Gasteiger partial charge is 0.416 e. The van der Waals surface area contributed by atoms with Gasteiger partial charge in [0.15, 0.2) is 0 Å². The van der Waals surface area contributed by atoms with Crippen molar-refractivity contribution in [3.05, 3.63) is 34.9 Å². The third kappa shape index (κ3) is 4.28. The van der Waals surface area contributed by atoms with Gasteiger partial charge in [0, 0.05) is 0 Å². The molecular formula is C11H12F6. The van der Waals surface area contributed by atoms with Crippen LogP contribution in [0.4, 0.5) is 26.3 Å². The van der Waals surface area contributed by atoms with E-state index in [-0.39, 0.29) is 11.6 Å². The molecule has 0 aromatic heterocycles. The molecule has 0 heterocycles. The molecule has 0 atom stereocenters. The summed E-state index contributed by atoms with van der Waals surface area (Å²) in [6.45, 7) is 5.11. The molecule has 0 N–H and O–H groups in total. The molecule has 0 unspecified atom stereocenters. The molecule has 1 aromatic rings. The molecule has 0 fully saturated rings. The summed E-state index contributed by atoms with van der Waals surface area (Å²) in [6, 6.07) is 1.56. The van der Waals surface area contributed by atoms with E-state index in [0.717, 1.165) is 13.0 Å². The lowest BCUT2D eigenvalue weighted by Crippen LogP contribution is -2.12. The van der Waals surface area contributed by atoms with Crippen LogP contribution in [-0.4, -0.2) is 0 Å². The van der Waals surface area contributed by atoms with E-state index in [2.05, 4.69) is 0 Å². The molecule has 0 aliphatic rings.